The maximum atomic E-state index is 13.1. The molecule has 0 spiro atoms. The van der Waals surface area contributed by atoms with E-state index >= 15 is 0 Å². The Kier molecular flexibility index (Phi) is 19.0. The molecular weight excluding hydrogens is 906 g/mol. The molecule has 0 aromatic carbocycles. The number of rotatable bonds is 19. The summed E-state index contributed by atoms with van der Waals surface area (Å²) >= 11 is 0. The van der Waals surface area contributed by atoms with Crippen LogP contribution >= 0.6 is 0 Å². The number of hydrogen-bond acceptors (Lipinski definition) is 25. The van der Waals surface area contributed by atoms with Gasteiger partial charge in [-0.05, 0) is 0 Å². The van der Waals surface area contributed by atoms with Gasteiger partial charge in [-0.3, -0.25) is 14.4 Å². The maximum absolute atomic E-state index is 13.1. The van der Waals surface area contributed by atoms with Crippen molar-refractivity contribution in [2.24, 2.45) is 0 Å². The average Bonchev–Trinajstić information content (AvgIpc) is 3.24. The second kappa shape index (κ2) is 22.8. The highest BCUT2D eigenvalue weighted by Crippen LogP contribution is 2.40. The van der Waals surface area contributed by atoms with Gasteiger partial charge in [-0.25, -0.2) is 9.59 Å². The van der Waals surface area contributed by atoms with E-state index in [4.69, 9.17) is 33.2 Å². The number of carboxylic acids is 2. The molecule has 4 saturated heterocycles. The van der Waals surface area contributed by atoms with Crippen LogP contribution in [0.2, 0.25) is 0 Å². The van der Waals surface area contributed by atoms with Crippen LogP contribution < -0.4 is 16.0 Å². The third kappa shape index (κ3) is 12.0. The Hall–Kier alpha value is -3.45. The number of ether oxygens (including phenoxy) is 7. The first-order chi connectivity index (χ1) is 30.8. The van der Waals surface area contributed by atoms with Gasteiger partial charge in [-0.1, -0.05) is 0 Å². The molecule has 1 unspecified atom stereocenters. The van der Waals surface area contributed by atoms with Gasteiger partial charge in [0.25, 0.3) is 11.6 Å². The minimum Gasteiger partial charge on any atom is -0.477 e. The zero-order valence-corrected chi connectivity index (χ0v) is 35.4. The van der Waals surface area contributed by atoms with Crippen molar-refractivity contribution in [1.29, 1.82) is 0 Å². The molecule has 4 aliphatic heterocycles. The Labute approximate surface area is 373 Å². The van der Waals surface area contributed by atoms with E-state index in [9.17, 15) is 101 Å². The molecule has 22 atom stereocenters. The fourth-order valence-corrected chi connectivity index (χ4v) is 8.04. The first-order valence-corrected chi connectivity index (χ1v) is 20.3. The number of carboxylic acid groups (broad SMARTS) is 2. The lowest BCUT2D eigenvalue weighted by atomic mass is 9.88. The quantitative estimate of drug-likeness (QED) is 0.0571. The molecule has 3 amide bonds. The average molecular weight is 966 g/mol. The topological polar surface area (TPSA) is 490 Å². The van der Waals surface area contributed by atoms with Gasteiger partial charge < -0.3 is 126 Å². The van der Waals surface area contributed by atoms with Crippen LogP contribution in [0.1, 0.15) is 33.6 Å². The lowest BCUT2D eigenvalue weighted by molar-refractivity contribution is -0.386. The van der Waals surface area contributed by atoms with E-state index in [1.165, 1.54) is 0 Å². The molecule has 4 fully saturated rings. The Balaban J connectivity index is 1.81. The number of aliphatic hydroxyl groups excluding tert-OH is 13. The summed E-state index contributed by atoms with van der Waals surface area (Å²) in [7, 11) is 0. The predicted molar refractivity (Wildman–Crippen MR) is 203 cm³/mol. The van der Waals surface area contributed by atoms with Crippen molar-refractivity contribution in [3.8, 4) is 0 Å². The second-order valence-corrected chi connectivity index (χ2v) is 16.2. The molecule has 18 N–H and O–H groups in total. The number of hydrogen-bond donors (Lipinski definition) is 18. The molecule has 0 aromatic heterocycles. The largest absolute Gasteiger partial charge is 0.477 e. The standard InChI is InChI=1S/C36H59N3O27/c1-10(43)37-19-13(46)4-35(33(56)57,64-28(19)22(50)15(48)6-40)60-9-18-25(53)30(26(54)32(62-18)63-27-21(39-12(3)45)31(55)61-17(8-42)24(27)52)66-36(34(58)59)5-14(47)20(38-11(2)44)29(65-36)23(51)16(49)7-41/h13-32,40-42,46-55H,4-9H2,1-3H3,(H,37,43)(H,38,44)(H,39,45)(H,56,57)(H,58,59)/t13-,14-,15+,16+,17+,18+,19+,20+,21+,22+,23+,24-,25-,26+,27+,28+,29+,30-,31?,32-,35+,36-/m0/s1. The summed E-state index contributed by atoms with van der Waals surface area (Å²) in [6, 6.07) is -5.11. The fourth-order valence-electron chi connectivity index (χ4n) is 8.04. The van der Waals surface area contributed by atoms with Crippen LogP contribution in [0.3, 0.4) is 0 Å². The first-order valence-electron chi connectivity index (χ1n) is 20.3. The molecule has 4 heterocycles. The summed E-state index contributed by atoms with van der Waals surface area (Å²) in [6.45, 7) is -1.63. The molecule has 4 rings (SSSR count). The van der Waals surface area contributed by atoms with Crippen LogP contribution in [-0.4, -0.2) is 267 Å². The molecular formula is C36H59N3O27. The number of amides is 3. The summed E-state index contributed by atoms with van der Waals surface area (Å²) < 4.78 is 39.3. The monoisotopic (exact) mass is 965 g/mol. The van der Waals surface area contributed by atoms with Gasteiger partial charge in [-0.2, -0.15) is 0 Å². The highest BCUT2D eigenvalue weighted by atomic mass is 16.8. The zero-order valence-electron chi connectivity index (χ0n) is 35.4. The minimum atomic E-state index is -3.31. The minimum absolute atomic E-state index is 0.825. The lowest BCUT2D eigenvalue weighted by Gasteiger charge is -2.51. The van der Waals surface area contributed by atoms with Crippen molar-refractivity contribution in [3.63, 3.8) is 0 Å². The van der Waals surface area contributed by atoms with E-state index in [2.05, 4.69) is 16.0 Å². The molecule has 30 nitrogen and oxygen atoms in total. The van der Waals surface area contributed by atoms with E-state index in [1.54, 1.807) is 0 Å². The summed E-state index contributed by atoms with van der Waals surface area (Å²) in [4.78, 5) is 62.3. The highest BCUT2D eigenvalue weighted by Gasteiger charge is 2.61. The van der Waals surface area contributed by atoms with Crippen LogP contribution in [-0.2, 0) is 57.1 Å². The number of aliphatic carboxylic acids is 2. The first kappa shape index (κ1) is 55.1. The third-order valence-corrected chi connectivity index (χ3v) is 11.4. The van der Waals surface area contributed by atoms with Gasteiger partial charge in [0, 0.05) is 33.6 Å². The Bertz CT molecular complexity index is 1680. The maximum Gasteiger partial charge on any atom is 0.364 e. The van der Waals surface area contributed by atoms with Crippen molar-refractivity contribution in [1.82, 2.24) is 16.0 Å². The van der Waals surface area contributed by atoms with Crippen molar-refractivity contribution >= 4 is 29.7 Å². The van der Waals surface area contributed by atoms with Crippen LogP contribution in [0.4, 0.5) is 0 Å². The van der Waals surface area contributed by atoms with Crippen LogP contribution in [0.5, 0.6) is 0 Å². The van der Waals surface area contributed by atoms with Crippen LogP contribution in [0.25, 0.3) is 0 Å². The molecule has 0 aliphatic carbocycles. The van der Waals surface area contributed by atoms with Gasteiger partial charge in [0.05, 0.1) is 50.7 Å². The van der Waals surface area contributed by atoms with Gasteiger partial charge in [0.2, 0.25) is 17.7 Å². The third-order valence-electron chi connectivity index (χ3n) is 11.4. The Morgan fingerprint density at radius 3 is 1.50 bits per heavy atom. The van der Waals surface area contributed by atoms with Gasteiger partial charge in [0.1, 0.15) is 85.4 Å². The van der Waals surface area contributed by atoms with Crippen molar-refractivity contribution in [3.05, 3.63) is 0 Å². The van der Waals surface area contributed by atoms with E-state index < -0.39 is 203 Å². The van der Waals surface area contributed by atoms with Crippen molar-refractivity contribution < 1.29 is 134 Å². The van der Waals surface area contributed by atoms with E-state index in [1.807, 2.05) is 0 Å². The SMILES string of the molecule is CC(=O)N[C@H]1[C@H]([C@H](O)[C@H](O)CO)O[C@@](OC[C@H]2O[C@@H](O[C@H]3[C@@H](O)[C@@H](CO)OC(O)[C@@H]3NC(C)=O)[C@H](O)[C@@H](O[C@]3(C(=O)O)C[C@H](O)[C@@H](NC(C)=O)[C@H]([C@H](O)[C@H](O)CO)O3)[C@H]2O)(C(=O)O)C[C@@H]1O. The Morgan fingerprint density at radius 1 is 0.621 bits per heavy atom. The number of nitrogens with one attached hydrogen (secondary N) is 3. The van der Waals surface area contributed by atoms with E-state index in [0.29, 0.717) is 0 Å². The lowest BCUT2D eigenvalue weighted by Crippen LogP contribution is -2.71. The zero-order chi connectivity index (χ0) is 49.7. The number of aliphatic hydroxyl groups is 13. The van der Waals surface area contributed by atoms with Gasteiger partial charge >= 0.3 is 11.9 Å². The molecule has 30 heteroatoms. The molecule has 0 radical (unpaired) electrons. The normalized spacial score (nSPS) is 41.4. The summed E-state index contributed by atoms with van der Waals surface area (Å²) in [5, 5.41) is 167. The second-order valence-electron chi connectivity index (χ2n) is 16.2. The van der Waals surface area contributed by atoms with E-state index in [0.717, 1.165) is 20.8 Å². The molecule has 0 bridgehead atoms. The van der Waals surface area contributed by atoms with Crippen molar-refractivity contribution in [2.45, 2.75) is 167 Å². The molecule has 66 heavy (non-hydrogen) atoms. The molecule has 0 saturated carbocycles. The van der Waals surface area contributed by atoms with Gasteiger partial charge in [-0.15, -0.1) is 0 Å². The van der Waals surface area contributed by atoms with Crippen LogP contribution in [0, 0.1) is 0 Å². The number of carbonyl (C=O) groups excluding carboxylic acids is 3. The summed E-state index contributed by atoms with van der Waals surface area (Å²) in [5.74, 6) is -13.1. The van der Waals surface area contributed by atoms with Crippen LogP contribution in [0.15, 0.2) is 0 Å². The molecule has 0 aromatic rings. The smallest absolute Gasteiger partial charge is 0.364 e. The Morgan fingerprint density at radius 2 is 1.06 bits per heavy atom. The van der Waals surface area contributed by atoms with Gasteiger partial charge in [0.15, 0.2) is 12.6 Å². The summed E-state index contributed by atoms with van der Waals surface area (Å²) in [5.41, 5.74) is 0. The predicted octanol–water partition coefficient (Wildman–Crippen LogP) is -10.9. The highest BCUT2D eigenvalue weighted by molar-refractivity contribution is 5.77. The fraction of sp³-hybridized carbons (Fsp3) is 0.861. The molecule has 380 valence electrons. The molecule has 4 aliphatic rings. The van der Waals surface area contributed by atoms with Crippen molar-refractivity contribution in [2.75, 3.05) is 26.4 Å². The summed E-state index contributed by atoms with van der Waals surface area (Å²) in [6.07, 6.45) is -38.8. The number of carbonyl (C=O) groups is 5. The van der Waals surface area contributed by atoms with E-state index in [-0.39, 0.29) is 0 Å².